The van der Waals surface area contributed by atoms with Crippen LogP contribution in [0.1, 0.15) is 59.8 Å². The van der Waals surface area contributed by atoms with Crippen LogP contribution in [0.3, 0.4) is 0 Å². The van der Waals surface area contributed by atoms with E-state index in [0.717, 1.165) is 0 Å². The second-order valence-corrected chi connectivity index (χ2v) is 6.16. The fourth-order valence-electron chi connectivity index (χ4n) is 3.49. The summed E-state index contributed by atoms with van der Waals surface area (Å²) in [5, 5.41) is 0.637. The third-order valence-electron chi connectivity index (χ3n) is 4.73. The highest BCUT2D eigenvalue weighted by atomic mass is 16.2. The van der Waals surface area contributed by atoms with Crippen molar-refractivity contribution in [3.05, 3.63) is 91.5 Å². The van der Waals surface area contributed by atoms with Crippen molar-refractivity contribution in [3.63, 3.8) is 0 Å². The van der Waals surface area contributed by atoms with Crippen LogP contribution in [0.15, 0.2) is 58.1 Å². The van der Waals surface area contributed by atoms with Gasteiger partial charge in [-0.15, -0.1) is 0 Å². The van der Waals surface area contributed by atoms with Crippen LogP contribution in [0.25, 0.3) is 21.8 Å². The predicted molar refractivity (Wildman–Crippen MR) is 119 cm³/mol. The van der Waals surface area contributed by atoms with E-state index in [2.05, 4.69) is 9.97 Å². The van der Waals surface area contributed by atoms with Gasteiger partial charge < -0.3 is 9.97 Å². The van der Waals surface area contributed by atoms with E-state index in [-0.39, 0.29) is 22.5 Å². The van der Waals surface area contributed by atoms with Gasteiger partial charge >= 0.3 is 0 Å². The Morgan fingerprint density at radius 1 is 0.533 bits per heavy atom. The van der Waals surface area contributed by atoms with Crippen LogP contribution in [-0.4, -0.2) is 21.5 Å². The second-order valence-electron chi connectivity index (χ2n) is 6.16. The maximum Gasteiger partial charge on any atom is 0.216 e. The summed E-state index contributed by atoms with van der Waals surface area (Å²) in [7, 11) is 0. The Morgan fingerprint density at radius 2 is 0.867 bits per heavy atom. The molecule has 2 aromatic heterocycles. The molecule has 0 fully saturated rings. The first-order valence-electron chi connectivity index (χ1n) is 9.97. The van der Waals surface area contributed by atoms with Crippen molar-refractivity contribution in [3.8, 4) is 0 Å². The summed E-state index contributed by atoms with van der Waals surface area (Å²) in [6.07, 6.45) is 0. The Kier molecular flexibility index (Phi) is 5.78. The molecule has 0 aliphatic heterocycles. The van der Waals surface area contributed by atoms with Gasteiger partial charge in [0.2, 0.25) is 22.4 Å². The molecule has 2 aromatic carbocycles. The highest BCUT2D eigenvalue weighted by Crippen LogP contribution is 2.24. The molecule has 0 saturated carbocycles. The molecule has 1 aliphatic carbocycles. The number of H-pyrrole nitrogens is 2. The standard InChI is InChI=1S/C20H10N2O4.2C2H6/c23-17-9-5-1-3-7-11(9)21-15-13(17)19(25)16-14(20(15)26)18(24)10-6-2-4-8-12(10)22-16;2*1-2/h1-8H,(H,21,23)(H,22,24);2*1-2H3. The van der Waals surface area contributed by atoms with E-state index < -0.39 is 22.4 Å². The van der Waals surface area contributed by atoms with Crippen molar-refractivity contribution in [2.45, 2.75) is 27.7 Å². The normalized spacial score (nSPS) is 11.7. The maximum absolute atomic E-state index is 13.0. The van der Waals surface area contributed by atoms with Crippen molar-refractivity contribution >= 4 is 33.4 Å². The fourth-order valence-corrected chi connectivity index (χ4v) is 3.49. The van der Waals surface area contributed by atoms with E-state index in [1.165, 1.54) is 0 Å². The van der Waals surface area contributed by atoms with Crippen molar-refractivity contribution in [1.29, 1.82) is 0 Å². The van der Waals surface area contributed by atoms with E-state index in [0.29, 0.717) is 21.8 Å². The summed E-state index contributed by atoms with van der Waals surface area (Å²) < 4.78 is 0. The Balaban J connectivity index is 0.000000606. The molecule has 30 heavy (non-hydrogen) atoms. The predicted octanol–water partition coefficient (Wildman–Crippen LogP) is 4.20. The van der Waals surface area contributed by atoms with E-state index in [1.807, 2.05) is 27.7 Å². The molecule has 2 heterocycles. The largest absolute Gasteiger partial charge is 0.351 e. The second kappa shape index (κ2) is 8.29. The zero-order chi connectivity index (χ0) is 22.0. The van der Waals surface area contributed by atoms with Gasteiger partial charge in [-0.25, -0.2) is 0 Å². The van der Waals surface area contributed by atoms with Crippen LogP contribution < -0.4 is 10.9 Å². The van der Waals surface area contributed by atoms with Crippen LogP contribution in [-0.2, 0) is 0 Å². The third kappa shape index (κ3) is 2.97. The highest BCUT2D eigenvalue weighted by Gasteiger charge is 2.36. The molecule has 0 unspecified atom stereocenters. The van der Waals surface area contributed by atoms with E-state index >= 15 is 0 Å². The number of benzene rings is 2. The monoisotopic (exact) mass is 402 g/mol. The topological polar surface area (TPSA) is 99.9 Å². The molecular formula is C24H22N2O4. The Hall–Kier alpha value is -3.80. The van der Waals surface area contributed by atoms with Crippen molar-refractivity contribution in [2.75, 3.05) is 0 Å². The average molecular weight is 402 g/mol. The summed E-state index contributed by atoms with van der Waals surface area (Å²) in [4.78, 5) is 57.3. The Labute approximate surface area is 172 Å². The Morgan fingerprint density at radius 3 is 1.23 bits per heavy atom. The molecule has 0 radical (unpaired) electrons. The van der Waals surface area contributed by atoms with Crippen LogP contribution in [0.2, 0.25) is 0 Å². The van der Waals surface area contributed by atoms with Gasteiger partial charge in [0.05, 0.1) is 11.1 Å². The molecule has 1 aliphatic rings. The third-order valence-corrected chi connectivity index (χ3v) is 4.73. The maximum atomic E-state index is 13.0. The summed E-state index contributed by atoms with van der Waals surface area (Å²) in [6.45, 7) is 8.00. The van der Waals surface area contributed by atoms with Gasteiger partial charge in [0.15, 0.2) is 0 Å². The van der Waals surface area contributed by atoms with E-state index in [1.54, 1.807) is 48.5 Å². The average Bonchev–Trinajstić information content (AvgIpc) is 2.80. The minimum Gasteiger partial charge on any atom is -0.351 e. The Bertz CT molecular complexity index is 1300. The van der Waals surface area contributed by atoms with Crippen molar-refractivity contribution in [2.24, 2.45) is 0 Å². The molecule has 0 bridgehead atoms. The lowest BCUT2D eigenvalue weighted by Gasteiger charge is -2.17. The fraction of sp³-hybridized carbons (Fsp3) is 0.167. The van der Waals surface area contributed by atoms with Gasteiger partial charge in [0, 0.05) is 21.8 Å². The number of nitrogens with one attached hydrogen (secondary N) is 2. The summed E-state index contributed by atoms with van der Waals surface area (Å²) in [5.74, 6) is -1.30. The van der Waals surface area contributed by atoms with Gasteiger partial charge in [-0.2, -0.15) is 0 Å². The van der Waals surface area contributed by atoms with Crippen LogP contribution >= 0.6 is 0 Å². The number of hydrogen-bond donors (Lipinski definition) is 2. The van der Waals surface area contributed by atoms with E-state index in [4.69, 9.17) is 0 Å². The number of fused-ring (bicyclic) bond motifs is 4. The minimum atomic E-state index is -0.649. The first-order valence-corrected chi connectivity index (χ1v) is 9.97. The van der Waals surface area contributed by atoms with Crippen LogP contribution in [0.5, 0.6) is 0 Å². The molecule has 2 N–H and O–H groups in total. The smallest absolute Gasteiger partial charge is 0.216 e. The zero-order valence-corrected chi connectivity index (χ0v) is 17.3. The number of aromatic nitrogens is 2. The number of para-hydroxylation sites is 2. The molecule has 5 rings (SSSR count). The molecule has 0 saturated heterocycles. The first-order chi connectivity index (χ1) is 14.6. The molecule has 4 aromatic rings. The van der Waals surface area contributed by atoms with Gasteiger partial charge in [-0.1, -0.05) is 52.0 Å². The lowest BCUT2D eigenvalue weighted by atomic mass is 9.88. The molecule has 6 heteroatoms. The summed E-state index contributed by atoms with van der Waals surface area (Å²) in [5.41, 5.74) is -0.880. The molecule has 6 nitrogen and oxygen atoms in total. The lowest BCUT2D eigenvalue weighted by molar-refractivity contribution is 0.0971. The number of pyridine rings is 2. The van der Waals surface area contributed by atoms with Crippen molar-refractivity contribution < 1.29 is 9.59 Å². The number of aromatic amines is 2. The molecule has 0 spiro atoms. The van der Waals surface area contributed by atoms with Gasteiger partial charge in [-0.05, 0) is 24.3 Å². The molecule has 0 amide bonds. The minimum absolute atomic E-state index is 0.132. The van der Waals surface area contributed by atoms with Crippen molar-refractivity contribution in [1.82, 2.24) is 9.97 Å². The zero-order valence-electron chi connectivity index (χ0n) is 17.3. The number of hydrogen-bond acceptors (Lipinski definition) is 4. The lowest BCUT2D eigenvalue weighted by Crippen LogP contribution is -2.34. The molecule has 0 atom stereocenters. The number of carbonyl (C=O) groups is 2. The van der Waals surface area contributed by atoms with Gasteiger partial charge in [0.1, 0.15) is 11.4 Å². The molecule has 152 valence electrons. The number of ketones is 2. The first kappa shape index (κ1) is 20.9. The summed E-state index contributed by atoms with van der Waals surface area (Å²) >= 11 is 0. The van der Waals surface area contributed by atoms with Gasteiger partial charge in [-0.3, -0.25) is 19.2 Å². The SMILES string of the molecule is CC.CC.O=C1c2[nH]c3ccccc3c(=O)c2C(=O)c2[nH]c3ccccc3c(=O)c21. The summed E-state index contributed by atoms with van der Waals surface area (Å²) in [6, 6.07) is 13.3. The highest BCUT2D eigenvalue weighted by molar-refractivity contribution is 6.28. The van der Waals surface area contributed by atoms with Crippen LogP contribution in [0.4, 0.5) is 0 Å². The van der Waals surface area contributed by atoms with E-state index in [9.17, 15) is 19.2 Å². The van der Waals surface area contributed by atoms with Crippen LogP contribution in [0, 0.1) is 0 Å². The molecular weight excluding hydrogens is 380 g/mol. The quantitative estimate of drug-likeness (QED) is 0.405. The number of carbonyl (C=O) groups excluding carboxylic acids is 2. The number of rotatable bonds is 0. The van der Waals surface area contributed by atoms with Gasteiger partial charge in [0.25, 0.3) is 0 Å².